The van der Waals surface area contributed by atoms with Gasteiger partial charge < -0.3 is 0 Å². The van der Waals surface area contributed by atoms with Crippen LogP contribution in [0, 0.1) is 0 Å². The fourth-order valence-electron chi connectivity index (χ4n) is 2.84. The van der Waals surface area contributed by atoms with Crippen molar-refractivity contribution in [2.24, 2.45) is 0 Å². The lowest BCUT2D eigenvalue weighted by Crippen LogP contribution is -1.89. The Kier molecular flexibility index (Phi) is 3.09. The Morgan fingerprint density at radius 2 is 2.00 bits per heavy atom. The maximum Gasteiger partial charge on any atom is 0.0340 e. The van der Waals surface area contributed by atoms with E-state index in [4.69, 9.17) is 0 Å². The molecule has 3 rings (SSSR count). The monoisotopic (exact) mass is 254 g/mol. The minimum atomic E-state index is 1.11. The lowest BCUT2D eigenvalue weighted by Gasteiger charge is -2.05. The molecule has 0 atom stereocenters. The fraction of sp³-hybridized carbons (Fsp3) is 0.294. The van der Waals surface area contributed by atoms with Gasteiger partial charge in [0.25, 0.3) is 0 Å². The quantitative estimate of drug-likeness (QED) is 0.707. The van der Waals surface area contributed by atoms with Crippen molar-refractivity contribution in [2.45, 2.75) is 33.1 Å². The summed E-state index contributed by atoms with van der Waals surface area (Å²) in [7, 11) is 0. The van der Waals surface area contributed by atoms with Crippen LogP contribution in [0.1, 0.15) is 41.8 Å². The van der Waals surface area contributed by atoms with Crippen LogP contribution >= 0.6 is 11.3 Å². The molecule has 0 unspecified atom stereocenters. The number of rotatable bonds is 3. The first-order valence-corrected chi connectivity index (χ1v) is 7.54. The van der Waals surface area contributed by atoms with Gasteiger partial charge in [0.05, 0.1) is 0 Å². The third-order valence-corrected chi connectivity index (χ3v) is 4.80. The second-order valence-electron chi connectivity index (χ2n) is 4.96. The topological polar surface area (TPSA) is 0 Å². The van der Waals surface area contributed by atoms with Crippen molar-refractivity contribution < 1.29 is 0 Å². The minimum absolute atomic E-state index is 1.11. The fourth-order valence-corrected chi connectivity index (χ4v) is 3.90. The number of hydrogen-bond acceptors (Lipinski definition) is 1. The molecule has 0 radical (unpaired) electrons. The van der Waals surface area contributed by atoms with Gasteiger partial charge in [-0.15, -0.1) is 11.3 Å². The highest BCUT2D eigenvalue weighted by Gasteiger charge is 2.21. The number of allylic oxidation sites excluding steroid dienone is 2. The SMILES string of the molecule is CCCc1ccsc1C1=C(C)c2ccccc2C1. The average Bonchev–Trinajstić information content (AvgIpc) is 2.96. The molecule has 0 saturated heterocycles. The Morgan fingerprint density at radius 3 is 2.78 bits per heavy atom. The van der Waals surface area contributed by atoms with Crippen molar-refractivity contribution in [3.8, 4) is 0 Å². The molecule has 1 aromatic heterocycles. The van der Waals surface area contributed by atoms with E-state index in [1.54, 1.807) is 5.57 Å². The Balaban J connectivity index is 2.05. The van der Waals surface area contributed by atoms with Gasteiger partial charge in [0.2, 0.25) is 0 Å². The molecule has 1 aliphatic carbocycles. The molecule has 1 heterocycles. The third kappa shape index (κ3) is 1.83. The maximum atomic E-state index is 2.30. The molecule has 0 amide bonds. The van der Waals surface area contributed by atoms with E-state index < -0.39 is 0 Å². The van der Waals surface area contributed by atoms with Gasteiger partial charge in [-0.1, -0.05) is 37.6 Å². The van der Waals surface area contributed by atoms with Gasteiger partial charge in [-0.25, -0.2) is 0 Å². The summed E-state index contributed by atoms with van der Waals surface area (Å²) in [5, 5.41) is 2.24. The number of fused-ring (bicyclic) bond motifs is 1. The molecule has 0 spiro atoms. The zero-order valence-electron chi connectivity index (χ0n) is 11.0. The number of hydrogen-bond donors (Lipinski definition) is 0. The number of benzene rings is 1. The van der Waals surface area contributed by atoms with E-state index in [0.717, 1.165) is 6.42 Å². The highest BCUT2D eigenvalue weighted by molar-refractivity contribution is 7.11. The van der Waals surface area contributed by atoms with E-state index in [1.807, 2.05) is 11.3 Å². The molecule has 0 N–H and O–H groups in total. The lowest BCUT2D eigenvalue weighted by molar-refractivity contribution is 0.923. The van der Waals surface area contributed by atoms with Crippen LogP contribution in [-0.2, 0) is 12.8 Å². The summed E-state index contributed by atoms with van der Waals surface area (Å²) in [6.45, 7) is 4.53. The van der Waals surface area contributed by atoms with Crippen molar-refractivity contribution in [1.82, 2.24) is 0 Å². The van der Waals surface area contributed by atoms with Crippen molar-refractivity contribution >= 4 is 22.5 Å². The zero-order chi connectivity index (χ0) is 12.5. The highest BCUT2D eigenvalue weighted by atomic mass is 32.1. The Morgan fingerprint density at radius 1 is 1.17 bits per heavy atom. The Labute approximate surface area is 113 Å². The van der Waals surface area contributed by atoms with Gasteiger partial charge in [-0.3, -0.25) is 0 Å². The maximum absolute atomic E-state index is 2.30. The van der Waals surface area contributed by atoms with Gasteiger partial charge in [-0.05, 0) is 59.0 Å². The van der Waals surface area contributed by atoms with Crippen LogP contribution in [-0.4, -0.2) is 0 Å². The first-order valence-electron chi connectivity index (χ1n) is 6.66. The van der Waals surface area contributed by atoms with Crippen LogP contribution in [0.5, 0.6) is 0 Å². The van der Waals surface area contributed by atoms with E-state index >= 15 is 0 Å². The van der Waals surface area contributed by atoms with Gasteiger partial charge >= 0.3 is 0 Å². The van der Waals surface area contributed by atoms with Crippen molar-refractivity contribution in [3.63, 3.8) is 0 Å². The van der Waals surface area contributed by atoms with Crippen LogP contribution in [0.2, 0.25) is 0 Å². The summed E-state index contributed by atoms with van der Waals surface area (Å²) >= 11 is 1.90. The van der Waals surface area contributed by atoms with Gasteiger partial charge in [-0.2, -0.15) is 0 Å². The molecule has 0 fully saturated rings. The normalized spacial score (nSPS) is 14.1. The van der Waals surface area contributed by atoms with Gasteiger partial charge in [0.1, 0.15) is 0 Å². The van der Waals surface area contributed by atoms with Crippen LogP contribution < -0.4 is 0 Å². The number of thiophene rings is 1. The average molecular weight is 254 g/mol. The van der Waals surface area contributed by atoms with Crippen molar-refractivity contribution in [2.75, 3.05) is 0 Å². The van der Waals surface area contributed by atoms with Crippen LogP contribution in [0.15, 0.2) is 35.7 Å². The zero-order valence-corrected chi connectivity index (χ0v) is 11.8. The molecule has 0 nitrogen and oxygen atoms in total. The Bertz CT molecular complexity index is 602. The first-order chi connectivity index (χ1) is 8.81. The number of aryl methyl sites for hydroxylation is 1. The van der Waals surface area contributed by atoms with Crippen molar-refractivity contribution in [1.29, 1.82) is 0 Å². The van der Waals surface area contributed by atoms with E-state index in [-0.39, 0.29) is 0 Å². The minimum Gasteiger partial charge on any atom is -0.144 e. The second-order valence-corrected chi connectivity index (χ2v) is 5.88. The van der Waals surface area contributed by atoms with Crippen molar-refractivity contribution in [3.05, 3.63) is 57.3 Å². The first kappa shape index (κ1) is 11.7. The van der Waals surface area contributed by atoms with Gasteiger partial charge in [0.15, 0.2) is 0 Å². The molecular formula is C17H18S. The summed E-state index contributed by atoms with van der Waals surface area (Å²) < 4.78 is 0. The lowest BCUT2D eigenvalue weighted by atomic mass is 10.0. The molecule has 18 heavy (non-hydrogen) atoms. The summed E-state index contributed by atoms with van der Waals surface area (Å²) in [5.74, 6) is 0. The van der Waals surface area contributed by atoms with Crippen LogP contribution in [0.3, 0.4) is 0 Å². The molecule has 1 aromatic carbocycles. The molecule has 0 saturated carbocycles. The molecule has 92 valence electrons. The summed E-state index contributed by atoms with van der Waals surface area (Å²) in [6.07, 6.45) is 3.54. The third-order valence-electron chi connectivity index (χ3n) is 3.78. The second kappa shape index (κ2) is 4.74. The predicted octanol–water partition coefficient (Wildman–Crippen LogP) is 5.19. The van der Waals surface area contributed by atoms with E-state index in [0.29, 0.717) is 0 Å². The molecule has 2 aromatic rings. The summed E-state index contributed by atoms with van der Waals surface area (Å²) in [6, 6.07) is 11.1. The molecule has 0 bridgehead atoms. The standard InChI is InChI=1S/C17H18S/c1-3-6-13-9-10-18-17(13)16-11-14-7-4-5-8-15(14)12(16)2/h4-5,7-10H,3,6,11H2,1-2H3. The summed E-state index contributed by atoms with van der Waals surface area (Å²) in [4.78, 5) is 1.52. The molecule has 0 aliphatic heterocycles. The van der Waals surface area contributed by atoms with Crippen LogP contribution in [0.25, 0.3) is 11.1 Å². The van der Waals surface area contributed by atoms with Crippen LogP contribution in [0.4, 0.5) is 0 Å². The predicted molar refractivity (Wildman–Crippen MR) is 80.9 cm³/mol. The van der Waals surface area contributed by atoms with E-state index in [2.05, 4.69) is 49.6 Å². The van der Waals surface area contributed by atoms with E-state index in [1.165, 1.54) is 40.0 Å². The Hall–Kier alpha value is -1.34. The highest BCUT2D eigenvalue weighted by Crippen LogP contribution is 2.41. The molecule has 1 heteroatoms. The smallest absolute Gasteiger partial charge is 0.0340 e. The molecule has 1 aliphatic rings. The summed E-state index contributed by atoms with van der Waals surface area (Å²) in [5.41, 5.74) is 7.49. The van der Waals surface area contributed by atoms with E-state index in [9.17, 15) is 0 Å². The van der Waals surface area contributed by atoms with Gasteiger partial charge in [0, 0.05) is 4.88 Å². The largest absolute Gasteiger partial charge is 0.144 e. The molecular weight excluding hydrogens is 236 g/mol.